The molecule has 1 heteroatoms. The first-order chi connectivity index (χ1) is 4.93. The van der Waals surface area contributed by atoms with Gasteiger partial charge < -0.3 is 0 Å². The second-order valence-electron chi connectivity index (χ2n) is 3.16. The van der Waals surface area contributed by atoms with Crippen molar-refractivity contribution in [2.45, 2.75) is 50.7 Å². The average molecular weight is 158 g/mol. The van der Waals surface area contributed by atoms with E-state index in [1.165, 1.54) is 44.3 Å². The van der Waals surface area contributed by atoms with Gasteiger partial charge in [0.15, 0.2) is 0 Å². The Morgan fingerprint density at radius 2 is 1.90 bits per heavy atom. The molecule has 0 saturated carbocycles. The minimum atomic E-state index is 1.07. The van der Waals surface area contributed by atoms with Crippen molar-refractivity contribution in [3.8, 4) is 0 Å². The van der Waals surface area contributed by atoms with Crippen molar-refractivity contribution in [1.82, 2.24) is 0 Å². The summed E-state index contributed by atoms with van der Waals surface area (Å²) in [6.45, 7) is 2.27. The molecule has 0 amide bonds. The quantitative estimate of drug-likeness (QED) is 0.421. The Morgan fingerprint density at radius 3 is 2.50 bits per heavy atom. The van der Waals surface area contributed by atoms with Gasteiger partial charge >= 0.3 is 0 Å². The Hall–Kier alpha value is 0.350. The van der Waals surface area contributed by atoms with Crippen molar-refractivity contribution in [3.05, 3.63) is 0 Å². The molecule has 0 bridgehead atoms. The smallest absolute Gasteiger partial charge is 0.0138 e. The maximum Gasteiger partial charge on any atom is 0.0138 e. The van der Waals surface area contributed by atoms with E-state index >= 15 is 0 Å². The molecule has 0 aromatic rings. The Morgan fingerprint density at radius 1 is 1.20 bits per heavy atom. The van der Waals surface area contributed by atoms with E-state index in [0.29, 0.717) is 0 Å². The zero-order valence-electron chi connectivity index (χ0n) is 6.94. The lowest BCUT2D eigenvalue weighted by Gasteiger charge is -1.96. The molecule has 1 atom stereocenters. The molecule has 0 aromatic carbocycles. The maximum atomic E-state index is 2.27. The van der Waals surface area contributed by atoms with Gasteiger partial charge in [0.2, 0.25) is 0 Å². The minimum absolute atomic E-state index is 1.07. The van der Waals surface area contributed by atoms with Crippen LogP contribution in [0.25, 0.3) is 0 Å². The molecular formula is C9H18S. The fourth-order valence-electron chi connectivity index (χ4n) is 1.21. The molecular weight excluding hydrogens is 140 g/mol. The molecule has 0 N–H and O–H groups in total. The van der Waals surface area contributed by atoms with Crippen LogP contribution in [0.5, 0.6) is 0 Å². The van der Waals surface area contributed by atoms with Crippen molar-refractivity contribution in [2.24, 2.45) is 0 Å². The summed E-state index contributed by atoms with van der Waals surface area (Å²) < 4.78 is 0. The maximum absolute atomic E-state index is 2.27. The van der Waals surface area contributed by atoms with Crippen LogP contribution in [0.4, 0.5) is 0 Å². The number of rotatable bonds is 6. The standard InChI is InChI=1S/C9H18S/c1-2-3-4-5-6-7-9-8-10-9/h9H,2-8H2,1H3. The van der Waals surface area contributed by atoms with E-state index in [0.717, 1.165) is 5.25 Å². The predicted molar refractivity (Wildman–Crippen MR) is 49.6 cm³/mol. The molecule has 1 aliphatic rings. The highest BCUT2D eigenvalue weighted by Crippen LogP contribution is 2.34. The third-order valence-electron chi connectivity index (χ3n) is 2.03. The third-order valence-corrected chi connectivity index (χ3v) is 3.07. The number of hydrogen-bond donors (Lipinski definition) is 0. The van der Waals surface area contributed by atoms with Crippen LogP contribution in [0.15, 0.2) is 0 Å². The third kappa shape index (κ3) is 4.21. The van der Waals surface area contributed by atoms with E-state index in [2.05, 4.69) is 18.7 Å². The summed E-state index contributed by atoms with van der Waals surface area (Å²) in [7, 11) is 0. The van der Waals surface area contributed by atoms with E-state index in [1.54, 1.807) is 0 Å². The van der Waals surface area contributed by atoms with E-state index in [9.17, 15) is 0 Å². The van der Waals surface area contributed by atoms with Crippen molar-refractivity contribution in [3.63, 3.8) is 0 Å². The first-order valence-corrected chi connectivity index (χ1v) is 5.60. The summed E-state index contributed by atoms with van der Waals surface area (Å²) in [4.78, 5) is 0. The van der Waals surface area contributed by atoms with E-state index in [4.69, 9.17) is 0 Å². The van der Waals surface area contributed by atoms with Crippen molar-refractivity contribution in [1.29, 1.82) is 0 Å². The number of hydrogen-bond acceptors (Lipinski definition) is 1. The summed E-state index contributed by atoms with van der Waals surface area (Å²) in [5.41, 5.74) is 0. The van der Waals surface area contributed by atoms with Gasteiger partial charge in [0.25, 0.3) is 0 Å². The molecule has 0 aliphatic carbocycles. The zero-order valence-corrected chi connectivity index (χ0v) is 7.75. The van der Waals surface area contributed by atoms with Crippen LogP contribution in [0, 0.1) is 0 Å². The first-order valence-electron chi connectivity index (χ1n) is 4.55. The molecule has 1 fully saturated rings. The van der Waals surface area contributed by atoms with Gasteiger partial charge in [-0.15, -0.1) is 0 Å². The molecule has 1 rings (SSSR count). The molecule has 1 unspecified atom stereocenters. The van der Waals surface area contributed by atoms with E-state index in [1.807, 2.05) is 0 Å². The van der Waals surface area contributed by atoms with Crippen LogP contribution in [0.3, 0.4) is 0 Å². The van der Waals surface area contributed by atoms with Crippen molar-refractivity contribution >= 4 is 11.8 Å². The van der Waals surface area contributed by atoms with Gasteiger partial charge in [0.05, 0.1) is 0 Å². The molecule has 1 saturated heterocycles. The largest absolute Gasteiger partial charge is 0.157 e. The normalized spacial score (nSPS) is 23.1. The van der Waals surface area contributed by atoms with Crippen LogP contribution < -0.4 is 0 Å². The van der Waals surface area contributed by atoms with Crippen molar-refractivity contribution in [2.75, 3.05) is 5.75 Å². The molecule has 60 valence electrons. The second-order valence-corrected chi connectivity index (χ2v) is 4.49. The fraction of sp³-hybridized carbons (Fsp3) is 1.00. The summed E-state index contributed by atoms with van der Waals surface area (Å²) in [5, 5.41) is 1.07. The van der Waals surface area contributed by atoms with Gasteiger partial charge in [-0.2, -0.15) is 11.8 Å². The summed E-state index contributed by atoms with van der Waals surface area (Å²) in [5.74, 6) is 1.45. The molecule has 0 nitrogen and oxygen atoms in total. The van der Waals surface area contributed by atoms with Gasteiger partial charge in [-0.05, 0) is 6.42 Å². The Labute approximate surface area is 68.8 Å². The van der Waals surface area contributed by atoms with Gasteiger partial charge in [-0.3, -0.25) is 0 Å². The highest BCUT2D eigenvalue weighted by Gasteiger charge is 2.20. The number of thioether (sulfide) groups is 1. The predicted octanol–water partition coefficient (Wildman–Crippen LogP) is 3.46. The van der Waals surface area contributed by atoms with Gasteiger partial charge in [0.1, 0.15) is 0 Å². The van der Waals surface area contributed by atoms with Gasteiger partial charge in [-0.25, -0.2) is 0 Å². The summed E-state index contributed by atoms with van der Waals surface area (Å²) in [6, 6.07) is 0. The Balaban J connectivity index is 1.68. The first kappa shape index (κ1) is 8.45. The Kier molecular flexibility index (Phi) is 4.27. The summed E-state index contributed by atoms with van der Waals surface area (Å²) >= 11 is 2.13. The topological polar surface area (TPSA) is 0 Å². The van der Waals surface area contributed by atoms with Crippen LogP contribution >= 0.6 is 11.8 Å². The fourth-order valence-corrected chi connectivity index (χ4v) is 1.85. The second kappa shape index (κ2) is 5.06. The zero-order chi connectivity index (χ0) is 7.23. The molecule has 0 aromatic heterocycles. The number of unbranched alkanes of at least 4 members (excludes halogenated alkanes) is 4. The highest BCUT2D eigenvalue weighted by atomic mass is 32.2. The average Bonchev–Trinajstić information content (AvgIpc) is 2.71. The molecule has 1 aliphatic heterocycles. The Bertz CT molecular complexity index is 76.8. The van der Waals surface area contributed by atoms with Gasteiger partial charge in [-0.1, -0.05) is 39.0 Å². The monoisotopic (exact) mass is 158 g/mol. The summed E-state index contributed by atoms with van der Waals surface area (Å²) in [6.07, 6.45) is 8.74. The molecule has 0 radical (unpaired) electrons. The van der Waals surface area contributed by atoms with Crippen LogP contribution in [0.2, 0.25) is 0 Å². The van der Waals surface area contributed by atoms with Crippen LogP contribution in [0.1, 0.15) is 45.4 Å². The molecule has 1 heterocycles. The SMILES string of the molecule is CCCCCCCC1CS1. The molecule has 10 heavy (non-hydrogen) atoms. The highest BCUT2D eigenvalue weighted by molar-refractivity contribution is 8.06. The van der Waals surface area contributed by atoms with Crippen molar-refractivity contribution < 1.29 is 0 Å². The lowest BCUT2D eigenvalue weighted by Crippen LogP contribution is -1.83. The van der Waals surface area contributed by atoms with Gasteiger partial charge in [0, 0.05) is 11.0 Å². The van der Waals surface area contributed by atoms with Crippen LogP contribution in [-0.4, -0.2) is 11.0 Å². The van der Waals surface area contributed by atoms with E-state index < -0.39 is 0 Å². The molecule has 0 spiro atoms. The lowest BCUT2D eigenvalue weighted by atomic mass is 10.1. The van der Waals surface area contributed by atoms with Crippen LogP contribution in [-0.2, 0) is 0 Å². The lowest BCUT2D eigenvalue weighted by molar-refractivity contribution is 0.615. The van der Waals surface area contributed by atoms with E-state index in [-0.39, 0.29) is 0 Å². The minimum Gasteiger partial charge on any atom is -0.157 e.